The van der Waals surface area contributed by atoms with E-state index in [2.05, 4.69) is 22.2 Å². The van der Waals surface area contributed by atoms with Gasteiger partial charge in [-0.15, -0.1) is 0 Å². The first kappa shape index (κ1) is 20.7. The van der Waals surface area contributed by atoms with Crippen LogP contribution < -0.4 is 15.6 Å². The zero-order chi connectivity index (χ0) is 21.3. The molecule has 0 spiro atoms. The van der Waals surface area contributed by atoms with E-state index >= 15 is 0 Å². The fourth-order valence-electron chi connectivity index (χ4n) is 4.40. The maximum atomic E-state index is 13.0. The van der Waals surface area contributed by atoms with Gasteiger partial charge in [-0.2, -0.15) is 0 Å². The van der Waals surface area contributed by atoms with E-state index in [1.165, 1.54) is 23.8 Å². The van der Waals surface area contributed by atoms with Gasteiger partial charge in [0.2, 0.25) is 5.91 Å². The number of ether oxygens (including phenoxy) is 1. The summed E-state index contributed by atoms with van der Waals surface area (Å²) in [6, 6.07) is 5.87. The number of nitrogens with zero attached hydrogens (tertiary/aromatic N) is 1. The van der Waals surface area contributed by atoms with Crippen LogP contribution in [0.3, 0.4) is 0 Å². The first-order valence-electron chi connectivity index (χ1n) is 10.6. The van der Waals surface area contributed by atoms with Gasteiger partial charge in [0.15, 0.2) is 4.77 Å². The van der Waals surface area contributed by atoms with Crippen molar-refractivity contribution >= 4 is 40.1 Å². The number of benzene rings is 1. The Morgan fingerprint density at radius 1 is 1.27 bits per heavy atom. The summed E-state index contributed by atoms with van der Waals surface area (Å²) in [7, 11) is 1.61. The van der Waals surface area contributed by atoms with Crippen molar-refractivity contribution in [2.75, 3.05) is 7.11 Å². The van der Waals surface area contributed by atoms with Gasteiger partial charge in [0, 0.05) is 29.9 Å². The second kappa shape index (κ2) is 8.63. The van der Waals surface area contributed by atoms with E-state index in [1.54, 1.807) is 7.11 Å². The first-order chi connectivity index (χ1) is 14.5. The number of H-pyrrole nitrogens is 2. The molecule has 1 saturated carbocycles. The van der Waals surface area contributed by atoms with Crippen LogP contribution in [0.4, 0.5) is 0 Å². The van der Waals surface area contributed by atoms with E-state index in [9.17, 15) is 9.59 Å². The largest absolute Gasteiger partial charge is 0.497 e. The highest BCUT2D eigenvalue weighted by Crippen LogP contribution is 2.26. The van der Waals surface area contributed by atoms with E-state index in [4.69, 9.17) is 17.0 Å². The summed E-state index contributed by atoms with van der Waals surface area (Å²) >= 11 is 5.44. The van der Waals surface area contributed by atoms with Crippen LogP contribution in [0.5, 0.6) is 5.75 Å². The minimum absolute atomic E-state index is 0.0514. The van der Waals surface area contributed by atoms with Crippen LogP contribution in [-0.2, 0) is 11.3 Å². The lowest BCUT2D eigenvalue weighted by atomic mass is 9.86. The molecule has 1 amide bonds. The number of aromatic amines is 2. The van der Waals surface area contributed by atoms with Gasteiger partial charge in [-0.25, -0.2) is 0 Å². The molecule has 8 heteroatoms. The Morgan fingerprint density at radius 2 is 2.07 bits per heavy atom. The Labute approximate surface area is 179 Å². The molecule has 7 nitrogen and oxygen atoms in total. The molecule has 1 aliphatic rings. The summed E-state index contributed by atoms with van der Waals surface area (Å²) in [5.74, 6) is 1.29. The van der Waals surface area contributed by atoms with Gasteiger partial charge >= 0.3 is 0 Å². The van der Waals surface area contributed by atoms with Gasteiger partial charge in [0.05, 0.1) is 12.6 Å². The molecule has 0 aliphatic heterocycles. The summed E-state index contributed by atoms with van der Waals surface area (Å²) in [6.07, 6.45) is 5.59. The second-order valence-corrected chi connectivity index (χ2v) is 8.60. The zero-order valence-electron chi connectivity index (χ0n) is 17.4. The summed E-state index contributed by atoms with van der Waals surface area (Å²) in [4.78, 5) is 31.7. The molecule has 2 atom stereocenters. The van der Waals surface area contributed by atoms with Crippen molar-refractivity contribution in [3.8, 4) is 5.75 Å². The Morgan fingerprint density at radius 3 is 2.83 bits per heavy atom. The van der Waals surface area contributed by atoms with Crippen LogP contribution in [0.25, 0.3) is 21.9 Å². The van der Waals surface area contributed by atoms with Crippen molar-refractivity contribution in [2.24, 2.45) is 5.92 Å². The average molecular weight is 429 g/mol. The molecule has 1 aliphatic carbocycles. The summed E-state index contributed by atoms with van der Waals surface area (Å²) < 4.78 is 7.17. The molecule has 2 heterocycles. The standard InChI is InChI=1S/C22H28N4O3S/c1-13-6-3-4-7-16(13)23-18(27)8-5-11-26-21(28)20-19(25-22(26)30)15-12-14(29-2)9-10-17(15)24-20/h9-10,12-13,16,24H,3-8,11H2,1-2H3,(H,23,27)(H,25,30)/t13-,16+/m1/s1. The third-order valence-corrected chi connectivity index (χ3v) is 6.51. The molecule has 0 radical (unpaired) electrons. The predicted octanol–water partition coefficient (Wildman–Crippen LogP) is 4.02. The Bertz CT molecular complexity index is 1190. The van der Waals surface area contributed by atoms with Gasteiger partial charge in [-0.1, -0.05) is 19.8 Å². The summed E-state index contributed by atoms with van der Waals surface area (Å²) in [6.45, 7) is 2.60. The molecule has 4 rings (SSSR count). The van der Waals surface area contributed by atoms with Gasteiger partial charge in [0.1, 0.15) is 11.3 Å². The van der Waals surface area contributed by atoms with Gasteiger partial charge < -0.3 is 20.0 Å². The molecular weight excluding hydrogens is 400 g/mol. The van der Waals surface area contributed by atoms with Crippen LogP contribution in [-0.4, -0.2) is 33.6 Å². The van der Waals surface area contributed by atoms with E-state index < -0.39 is 0 Å². The number of hydrogen-bond acceptors (Lipinski definition) is 4. The number of fused-ring (bicyclic) bond motifs is 3. The van der Waals surface area contributed by atoms with Crippen LogP contribution in [0.15, 0.2) is 23.0 Å². The van der Waals surface area contributed by atoms with Crippen LogP contribution in [0.1, 0.15) is 45.4 Å². The number of rotatable bonds is 6. The minimum Gasteiger partial charge on any atom is -0.497 e. The molecule has 3 aromatic rings. The molecule has 0 bridgehead atoms. The fourth-order valence-corrected chi connectivity index (χ4v) is 4.68. The number of nitrogens with one attached hydrogen (secondary N) is 3. The van der Waals surface area contributed by atoms with E-state index in [0.717, 1.165) is 17.3 Å². The zero-order valence-corrected chi connectivity index (χ0v) is 18.2. The highest BCUT2D eigenvalue weighted by molar-refractivity contribution is 7.71. The molecule has 3 N–H and O–H groups in total. The maximum absolute atomic E-state index is 13.0. The van der Waals surface area contributed by atoms with Crippen LogP contribution >= 0.6 is 12.2 Å². The van der Waals surface area contributed by atoms with E-state index in [0.29, 0.717) is 46.9 Å². The summed E-state index contributed by atoms with van der Waals surface area (Å²) in [5.41, 5.74) is 1.82. The fraction of sp³-hybridized carbons (Fsp3) is 0.500. The van der Waals surface area contributed by atoms with Gasteiger partial charge in [0.25, 0.3) is 5.56 Å². The minimum atomic E-state index is -0.176. The van der Waals surface area contributed by atoms with Gasteiger partial charge in [-0.05, 0) is 55.6 Å². The number of amides is 1. The van der Waals surface area contributed by atoms with E-state index in [1.807, 2.05) is 18.2 Å². The predicted molar refractivity (Wildman–Crippen MR) is 121 cm³/mol. The number of carbonyl (C=O) groups excluding carboxylic acids is 1. The molecule has 30 heavy (non-hydrogen) atoms. The third kappa shape index (κ3) is 4.01. The molecular formula is C22H28N4O3S. The Balaban J connectivity index is 1.49. The number of hydrogen-bond donors (Lipinski definition) is 3. The smallest absolute Gasteiger partial charge is 0.278 e. The molecule has 2 aromatic heterocycles. The lowest BCUT2D eigenvalue weighted by Crippen LogP contribution is -2.41. The number of aromatic nitrogens is 3. The Hall–Kier alpha value is -2.61. The first-order valence-corrected chi connectivity index (χ1v) is 11.0. The number of carbonyl (C=O) groups is 1. The van der Waals surface area contributed by atoms with E-state index in [-0.39, 0.29) is 17.5 Å². The highest BCUT2D eigenvalue weighted by Gasteiger charge is 2.22. The summed E-state index contributed by atoms with van der Waals surface area (Å²) in [5, 5.41) is 4.03. The molecule has 0 saturated heterocycles. The maximum Gasteiger partial charge on any atom is 0.278 e. The topological polar surface area (TPSA) is 91.9 Å². The van der Waals surface area contributed by atoms with Crippen molar-refractivity contribution in [3.05, 3.63) is 33.3 Å². The lowest BCUT2D eigenvalue weighted by Gasteiger charge is -2.29. The van der Waals surface area contributed by atoms with Gasteiger partial charge in [-0.3, -0.25) is 14.2 Å². The number of methoxy groups -OCH3 is 1. The van der Waals surface area contributed by atoms with Crippen molar-refractivity contribution < 1.29 is 9.53 Å². The highest BCUT2D eigenvalue weighted by atomic mass is 32.1. The molecule has 160 valence electrons. The normalized spacial score (nSPS) is 19.3. The monoisotopic (exact) mass is 428 g/mol. The lowest BCUT2D eigenvalue weighted by molar-refractivity contribution is -0.122. The van der Waals surface area contributed by atoms with Crippen molar-refractivity contribution in [1.82, 2.24) is 19.9 Å². The van der Waals surface area contributed by atoms with Crippen molar-refractivity contribution in [2.45, 2.75) is 58.0 Å². The van der Waals surface area contributed by atoms with Crippen molar-refractivity contribution in [3.63, 3.8) is 0 Å². The SMILES string of the molecule is COc1ccc2[nH]c3c(=O)n(CCCC(=O)N[C@H]4CCCC[C@H]4C)c(=S)[nH]c3c2c1. The molecule has 1 fully saturated rings. The quantitative estimate of drug-likeness (QED) is 0.517. The Kier molecular flexibility index (Phi) is 5.94. The van der Waals surface area contributed by atoms with Crippen LogP contribution in [0, 0.1) is 10.7 Å². The molecule has 1 aromatic carbocycles. The van der Waals surface area contributed by atoms with Crippen LogP contribution in [0.2, 0.25) is 0 Å². The van der Waals surface area contributed by atoms with Crippen molar-refractivity contribution in [1.29, 1.82) is 0 Å². The average Bonchev–Trinajstić information content (AvgIpc) is 3.10. The second-order valence-electron chi connectivity index (χ2n) is 8.21. The molecule has 0 unspecified atom stereocenters. The third-order valence-electron chi connectivity index (χ3n) is 6.19.